The van der Waals surface area contributed by atoms with E-state index in [9.17, 15) is 0 Å². The van der Waals surface area contributed by atoms with E-state index in [1.54, 1.807) is 0 Å². The fourth-order valence-corrected chi connectivity index (χ4v) is 8.24. The third-order valence-corrected chi connectivity index (χ3v) is 9.71. The van der Waals surface area contributed by atoms with Crippen LogP contribution in [0.25, 0.3) is 0 Å². The lowest BCUT2D eigenvalue weighted by Gasteiger charge is -2.42. The maximum Gasteiger partial charge on any atom is 0.674 e. The van der Waals surface area contributed by atoms with Gasteiger partial charge in [-0.15, -0.1) is 0 Å². The van der Waals surface area contributed by atoms with Gasteiger partial charge in [0.15, 0.2) is 0 Å². The summed E-state index contributed by atoms with van der Waals surface area (Å²) in [5.74, 6) is 0. The Labute approximate surface area is 138 Å². The molecule has 0 spiro atoms. The van der Waals surface area contributed by atoms with E-state index in [0.29, 0.717) is 39.6 Å². The first-order valence-electron chi connectivity index (χ1n) is 8.26. The van der Waals surface area contributed by atoms with Gasteiger partial charge < -0.3 is 30.7 Å². The van der Waals surface area contributed by atoms with Crippen LogP contribution in [-0.2, 0) is 30.7 Å². The van der Waals surface area contributed by atoms with Crippen molar-refractivity contribution in [2.45, 2.75) is 0 Å². The average Bonchev–Trinajstić information content (AvgIpc) is 2.41. The molecule has 6 saturated heterocycles. The first-order chi connectivity index (χ1) is 11.3. The Morgan fingerprint density at radius 1 is 0.478 bits per heavy atom. The molecular formula is C12H24N2O7Si2. The molecule has 0 atom stereocenters. The van der Waals surface area contributed by atoms with Crippen molar-refractivity contribution in [2.75, 3.05) is 78.9 Å². The molecule has 6 rings (SSSR count). The highest BCUT2D eigenvalue weighted by Crippen LogP contribution is 2.26. The zero-order valence-electron chi connectivity index (χ0n) is 13.2. The Kier molecular flexibility index (Phi) is 5.13. The molecule has 9 nitrogen and oxygen atoms in total. The molecular weight excluding hydrogens is 340 g/mol. The van der Waals surface area contributed by atoms with Crippen LogP contribution >= 0.6 is 0 Å². The summed E-state index contributed by atoms with van der Waals surface area (Å²) in [6, 6.07) is 0. The van der Waals surface area contributed by atoms with Crippen LogP contribution in [0.1, 0.15) is 0 Å². The molecule has 6 aliphatic rings. The minimum Gasteiger partial charge on any atom is -0.350 e. The molecule has 132 valence electrons. The molecule has 4 bridgehead atoms. The summed E-state index contributed by atoms with van der Waals surface area (Å²) in [5, 5.41) is 0. The van der Waals surface area contributed by atoms with Gasteiger partial charge in [-0.3, -0.25) is 9.80 Å². The van der Waals surface area contributed by atoms with Crippen LogP contribution in [0.4, 0.5) is 0 Å². The highest BCUT2D eigenvalue weighted by atomic mass is 28.5. The number of nitrogens with zero attached hydrogens (tertiary/aromatic N) is 2. The molecule has 6 fully saturated rings. The lowest BCUT2D eigenvalue weighted by Crippen LogP contribution is -2.66. The van der Waals surface area contributed by atoms with Crippen molar-refractivity contribution in [3.63, 3.8) is 0 Å². The first-order valence-corrected chi connectivity index (χ1v) is 11.5. The molecule has 6 aliphatic heterocycles. The summed E-state index contributed by atoms with van der Waals surface area (Å²) in [4.78, 5) is 4.52. The Hall–Kier alpha value is 0.0738. The second kappa shape index (κ2) is 7.13. The van der Waals surface area contributed by atoms with Gasteiger partial charge >= 0.3 is 18.1 Å². The predicted octanol–water partition coefficient (Wildman–Crippen LogP) is -1.37. The monoisotopic (exact) mass is 364 g/mol. The van der Waals surface area contributed by atoms with Gasteiger partial charge in [-0.05, 0) is 0 Å². The van der Waals surface area contributed by atoms with Gasteiger partial charge in [0.2, 0.25) is 0 Å². The largest absolute Gasteiger partial charge is 0.674 e. The zero-order chi connectivity index (χ0) is 15.6. The van der Waals surface area contributed by atoms with Crippen molar-refractivity contribution in [2.24, 2.45) is 0 Å². The molecule has 23 heavy (non-hydrogen) atoms. The van der Waals surface area contributed by atoms with Gasteiger partial charge in [0, 0.05) is 39.3 Å². The first kappa shape index (κ1) is 16.5. The Morgan fingerprint density at radius 2 is 0.739 bits per heavy atom. The molecule has 0 aromatic rings. The van der Waals surface area contributed by atoms with Gasteiger partial charge in [-0.1, -0.05) is 0 Å². The van der Waals surface area contributed by atoms with E-state index in [-0.39, 0.29) is 0 Å². The van der Waals surface area contributed by atoms with Gasteiger partial charge in [0.1, 0.15) is 0 Å². The quantitative estimate of drug-likeness (QED) is 0.552. The minimum absolute atomic E-state index is 0.518. The summed E-state index contributed by atoms with van der Waals surface area (Å²) in [5.41, 5.74) is 0. The highest BCUT2D eigenvalue weighted by molar-refractivity contribution is 6.68. The van der Waals surface area contributed by atoms with E-state index in [4.69, 9.17) is 30.7 Å². The van der Waals surface area contributed by atoms with Crippen molar-refractivity contribution in [3.05, 3.63) is 0 Å². The van der Waals surface area contributed by atoms with Crippen molar-refractivity contribution in [1.29, 1.82) is 0 Å². The number of fused-ring (bicyclic) bond motifs is 12. The van der Waals surface area contributed by atoms with E-state index in [0.717, 1.165) is 39.3 Å². The van der Waals surface area contributed by atoms with Crippen LogP contribution in [0.3, 0.4) is 0 Å². The Bertz CT molecular complexity index is 330. The predicted molar refractivity (Wildman–Crippen MR) is 81.2 cm³/mol. The Balaban J connectivity index is 1.52. The SMILES string of the molecule is C1CN2CCO[Si](O[Si]34OCCN(CCO3)CCO4)(O1)OCC2. The lowest BCUT2D eigenvalue weighted by molar-refractivity contribution is -0.105. The normalized spacial score (nSPS) is 45.4. The van der Waals surface area contributed by atoms with Crippen molar-refractivity contribution >= 4 is 18.1 Å². The molecule has 0 unspecified atom stereocenters. The van der Waals surface area contributed by atoms with Crippen LogP contribution in [0, 0.1) is 0 Å². The zero-order valence-corrected chi connectivity index (χ0v) is 15.2. The Morgan fingerprint density at radius 3 is 1.00 bits per heavy atom. The van der Waals surface area contributed by atoms with Gasteiger partial charge in [0.25, 0.3) is 0 Å². The molecule has 0 N–H and O–H groups in total. The molecule has 0 aromatic heterocycles. The van der Waals surface area contributed by atoms with Crippen molar-refractivity contribution in [1.82, 2.24) is 9.80 Å². The fraction of sp³-hybridized carbons (Fsp3) is 1.00. The summed E-state index contributed by atoms with van der Waals surface area (Å²) in [6.07, 6.45) is 0. The minimum atomic E-state index is -3.30. The number of hydrogen-bond donors (Lipinski definition) is 0. The summed E-state index contributed by atoms with van der Waals surface area (Å²) in [6.45, 7) is 8.26. The van der Waals surface area contributed by atoms with E-state index in [1.165, 1.54) is 0 Å². The average molecular weight is 365 g/mol. The summed E-state index contributed by atoms with van der Waals surface area (Å²) in [7, 11) is -6.60. The summed E-state index contributed by atoms with van der Waals surface area (Å²) < 4.78 is 41.7. The molecule has 11 heteroatoms. The maximum absolute atomic E-state index is 6.22. The van der Waals surface area contributed by atoms with Gasteiger partial charge in [-0.25, -0.2) is 0 Å². The molecule has 6 heterocycles. The lowest BCUT2D eigenvalue weighted by atomic mass is 10.4. The van der Waals surface area contributed by atoms with Crippen LogP contribution in [0.5, 0.6) is 0 Å². The van der Waals surface area contributed by atoms with Gasteiger partial charge in [-0.2, -0.15) is 0 Å². The van der Waals surface area contributed by atoms with E-state index in [1.807, 2.05) is 0 Å². The second-order valence-corrected chi connectivity index (χ2v) is 10.4. The van der Waals surface area contributed by atoms with Crippen LogP contribution in [0.15, 0.2) is 0 Å². The van der Waals surface area contributed by atoms with Crippen LogP contribution in [0.2, 0.25) is 0 Å². The fourth-order valence-electron chi connectivity index (χ4n) is 3.05. The molecule has 0 amide bonds. The van der Waals surface area contributed by atoms with Crippen molar-refractivity contribution in [3.8, 4) is 0 Å². The molecule has 0 aliphatic carbocycles. The van der Waals surface area contributed by atoms with Crippen LogP contribution in [-0.4, -0.2) is 107 Å². The van der Waals surface area contributed by atoms with E-state index in [2.05, 4.69) is 9.80 Å². The smallest absolute Gasteiger partial charge is 0.350 e. The molecule has 0 radical (unpaired) electrons. The third kappa shape index (κ3) is 3.85. The third-order valence-electron chi connectivity index (χ3n) is 4.37. The number of hydrogen-bond acceptors (Lipinski definition) is 9. The van der Waals surface area contributed by atoms with E-state index < -0.39 is 18.1 Å². The topological polar surface area (TPSA) is 71.1 Å². The van der Waals surface area contributed by atoms with Crippen LogP contribution < -0.4 is 0 Å². The summed E-state index contributed by atoms with van der Waals surface area (Å²) >= 11 is 0. The second-order valence-electron chi connectivity index (χ2n) is 5.88. The molecule has 0 saturated carbocycles. The standard InChI is InChI=1S/C12H24N2O7Si2/c1-7-15-22(16-8-2-13(1)3-9-17-22)21-23-18-10-4-14(5-11-19-23)6-12-20-23/h1-12H2. The van der Waals surface area contributed by atoms with E-state index >= 15 is 0 Å². The highest BCUT2D eigenvalue weighted by Gasteiger charge is 2.61. The maximum atomic E-state index is 6.22. The number of rotatable bonds is 2. The van der Waals surface area contributed by atoms with Crippen molar-refractivity contribution < 1.29 is 30.7 Å². The van der Waals surface area contributed by atoms with Gasteiger partial charge in [0.05, 0.1) is 39.6 Å². The molecule has 0 aromatic carbocycles.